The maximum Gasteiger partial charge on any atom is 0.251 e. The first-order valence-corrected chi connectivity index (χ1v) is 10.1. The third-order valence-electron chi connectivity index (χ3n) is 4.34. The summed E-state index contributed by atoms with van der Waals surface area (Å²) in [5.41, 5.74) is 2.31. The number of amides is 1. The maximum absolute atomic E-state index is 12.3. The molecule has 0 saturated heterocycles. The van der Waals surface area contributed by atoms with Crippen molar-refractivity contribution in [1.29, 1.82) is 0 Å². The van der Waals surface area contributed by atoms with Crippen molar-refractivity contribution in [2.24, 2.45) is 0 Å². The number of ether oxygens (including phenoxy) is 2. The molecule has 8 nitrogen and oxygen atoms in total. The van der Waals surface area contributed by atoms with Gasteiger partial charge in [0.2, 0.25) is 5.95 Å². The molecule has 1 aromatic heterocycles. The van der Waals surface area contributed by atoms with Gasteiger partial charge in [0.05, 0.1) is 13.7 Å². The summed E-state index contributed by atoms with van der Waals surface area (Å²) in [4.78, 5) is 21.1. The van der Waals surface area contributed by atoms with Gasteiger partial charge in [-0.05, 0) is 62.4 Å². The number of hydrogen-bond donors (Lipinski definition) is 3. The van der Waals surface area contributed by atoms with Gasteiger partial charge in [-0.3, -0.25) is 4.79 Å². The number of methoxy groups -OCH3 is 1. The van der Waals surface area contributed by atoms with E-state index in [4.69, 9.17) is 9.47 Å². The average Bonchev–Trinajstić information content (AvgIpc) is 2.77. The third kappa shape index (κ3) is 6.60. The van der Waals surface area contributed by atoms with E-state index >= 15 is 0 Å². The molecule has 0 aliphatic rings. The first-order chi connectivity index (χ1) is 15.1. The minimum atomic E-state index is -0.142. The van der Waals surface area contributed by atoms with E-state index in [9.17, 15) is 4.79 Å². The highest BCUT2D eigenvalue weighted by atomic mass is 16.5. The summed E-state index contributed by atoms with van der Waals surface area (Å²) in [5, 5.41) is 9.27. The molecule has 3 aromatic rings. The molecule has 0 spiro atoms. The van der Waals surface area contributed by atoms with E-state index in [1.807, 2.05) is 44.2 Å². The molecule has 0 saturated carbocycles. The van der Waals surface area contributed by atoms with Crippen LogP contribution in [0.3, 0.4) is 0 Å². The van der Waals surface area contributed by atoms with Crippen LogP contribution in [0.15, 0.2) is 54.6 Å². The second kappa shape index (κ2) is 10.8. The Morgan fingerprint density at radius 2 is 1.68 bits per heavy atom. The molecule has 0 atom stereocenters. The second-order valence-electron chi connectivity index (χ2n) is 6.71. The van der Waals surface area contributed by atoms with Gasteiger partial charge in [0, 0.05) is 36.1 Å². The standard InChI is InChI=1S/C23H27N5O3/c1-4-31-20-9-5-17(6-10-20)22(29)24-13-14-25-23-26-16(2)15-21(28-23)27-18-7-11-19(30-3)12-8-18/h5-12,15H,4,13-14H2,1-3H3,(H,24,29)(H2,25,26,27,28). The number of carbonyl (C=O) groups excluding carboxylic acids is 1. The fourth-order valence-corrected chi connectivity index (χ4v) is 2.86. The Labute approximate surface area is 182 Å². The normalized spacial score (nSPS) is 10.3. The lowest BCUT2D eigenvalue weighted by Gasteiger charge is -2.11. The summed E-state index contributed by atoms with van der Waals surface area (Å²) >= 11 is 0. The third-order valence-corrected chi connectivity index (χ3v) is 4.34. The number of aryl methyl sites for hydroxylation is 1. The van der Waals surface area contributed by atoms with Crippen LogP contribution in [-0.4, -0.2) is 42.7 Å². The van der Waals surface area contributed by atoms with Gasteiger partial charge in [-0.15, -0.1) is 0 Å². The molecule has 1 amide bonds. The summed E-state index contributed by atoms with van der Waals surface area (Å²) in [6.07, 6.45) is 0. The van der Waals surface area contributed by atoms with Gasteiger partial charge in [-0.25, -0.2) is 4.98 Å². The highest BCUT2D eigenvalue weighted by Gasteiger charge is 2.06. The summed E-state index contributed by atoms with van der Waals surface area (Å²) in [7, 11) is 1.63. The van der Waals surface area contributed by atoms with Crippen LogP contribution < -0.4 is 25.4 Å². The molecule has 3 N–H and O–H groups in total. The van der Waals surface area contributed by atoms with Crippen LogP contribution in [0, 0.1) is 6.92 Å². The van der Waals surface area contributed by atoms with E-state index in [0.29, 0.717) is 37.0 Å². The van der Waals surface area contributed by atoms with Crippen molar-refractivity contribution in [3.63, 3.8) is 0 Å². The Bertz CT molecular complexity index is 991. The summed E-state index contributed by atoms with van der Waals surface area (Å²) < 4.78 is 10.6. The quantitative estimate of drug-likeness (QED) is 0.429. The van der Waals surface area contributed by atoms with Crippen LogP contribution in [-0.2, 0) is 0 Å². The van der Waals surface area contributed by atoms with Gasteiger partial charge in [0.25, 0.3) is 5.91 Å². The molecular formula is C23H27N5O3. The van der Waals surface area contributed by atoms with Gasteiger partial charge in [-0.2, -0.15) is 4.98 Å². The molecule has 2 aromatic carbocycles. The molecule has 0 fully saturated rings. The number of aromatic nitrogens is 2. The lowest BCUT2D eigenvalue weighted by Crippen LogP contribution is -2.29. The van der Waals surface area contributed by atoms with Crippen molar-refractivity contribution in [1.82, 2.24) is 15.3 Å². The lowest BCUT2D eigenvalue weighted by molar-refractivity contribution is 0.0955. The van der Waals surface area contributed by atoms with Gasteiger partial charge < -0.3 is 25.4 Å². The van der Waals surface area contributed by atoms with Gasteiger partial charge in [-0.1, -0.05) is 0 Å². The number of rotatable bonds is 10. The van der Waals surface area contributed by atoms with Crippen LogP contribution in [0.1, 0.15) is 23.0 Å². The van der Waals surface area contributed by atoms with Crippen LogP contribution in [0.4, 0.5) is 17.5 Å². The zero-order chi connectivity index (χ0) is 22.1. The molecule has 162 valence electrons. The van der Waals surface area contributed by atoms with Crippen molar-refractivity contribution in [2.75, 3.05) is 37.4 Å². The van der Waals surface area contributed by atoms with Crippen LogP contribution in [0.25, 0.3) is 0 Å². The van der Waals surface area contributed by atoms with Gasteiger partial charge >= 0.3 is 0 Å². The molecule has 8 heteroatoms. The fraction of sp³-hybridized carbons (Fsp3) is 0.261. The van der Waals surface area contributed by atoms with Crippen molar-refractivity contribution < 1.29 is 14.3 Å². The highest BCUT2D eigenvalue weighted by molar-refractivity contribution is 5.94. The van der Waals surface area contributed by atoms with Crippen molar-refractivity contribution >= 4 is 23.4 Å². The minimum Gasteiger partial charge on any atom is -0.497 e. The van der Waals surface area contributed by atoms with Gasteiger partial charge in [0.1, 0.15) is 17.3 Å². The van der Waals surface area contributed by atoms with Crippen LogP contribution in [0.2, 0.25) is 0 Å². The molecule has 0 aliphatic heterocycles. The Morgan fingerprint density at radius 1 is 0.968 bits per heavy atom. The summed E-state index contributed by atoms with van der Waals surface area (Å²) in [6.45, 7) is 5.35. The number of anilines is 3. The highest BCUT2D eigenvalue weighted by Crippen LogP contribution is 2.20. The number of benzene rings is 2. The molecule has 0 radical (unpaired) electrons. The number of nitrogens with one attached hydrogen (secondary N) is 3. The van der Waals surface area contributed by atoms with Crippen LogP contribution >= 0.6 is 0 Å². The Kier molecular flexibility index (Phi) is 7.64. The largest absolute Gasteiger partial charge is 0.497 e. The average molecular weight is 422 g/mol. The molecule has 31 heavy (non-hydrogen) atoms. The van der Waals surface area contributed by atoms with Crippen molar-refractivity contribution in [3.05, 3.63) is 65.9 Å². The number of carbonyl (C=O) groups is 1. The van der Waals surface area contributed by atoms with E-state index in [-0.39, 0.29) is 5.91 Å². The van der Waals surface area contributed by atoms with E-state index in [2.05, 4.69) is 25.9 Å². The predicted molar refractivity (Wildman–Crippen MR) is 121 cm³/mol. The smallest absolute Gasteiger partial charge is 0.251 e. The molecule has 1 heterocycles. The maximum atomic E-state index is 12.3. The first-order valence-electron chi connectivity index (χ1n) is 10.1. The topological polar surface area (TPSA) is 97.4 Å². The van der Waals surface area contributed by atoms with Crippen molar-refractivity contribution in [2.45, 2.75) is 13.8 Å². The Hall–Kier alpha value is -3.81. The molecule has 0 bridgehead atoms. The second-order valence-corrected chi connectivity index (χ2v) is 6.71. The van der Waals surface area contributed by atoms with Crippen LogP contribution in [0.5, 0.6) is 11.5 Å². The molecule has 0 aliphatic carbocycles. The molecular weight excluding hydrogens is 394 g/mol. The van der Waals surface area contributed by atoms with Gasteiger partial charge in [0.15, 0.2) is 0 Å². The lowest BCUT2D eigenvalue weighted by atomic mass is 10.2. The van der Waals surface area contributed by atoms with Crippen molar-refractivity contribution in [3.8, 4) is 11.5 Å². The summed E-state index contributed by atoms with van der Waals surface area (Å²) in [6, 6.07) is 16.5. The minimum absolute atomic E-state index is 0.142. The SMILES string of the molecule is CCOc1ccc(C(=O)NCCNc2nc(C)cc(Nc3ccc(OC)cc3)n2)cc1. The Morgan fingerprint density at radius 3 is 2.35 bits per heavy atom. The monoisotopic (exact) mass is 421 g/mol. The van der Waals surface area contributed by atoms with E-state index < -0.39 is 0 Å². The summed E-state index contributed by atoms with van der Waals surface area (Å²) in [5.74, 6) is 2.57. The first kappa shape index (κ1) is 21.9. The number of hydrogen-bond acceptors (Lipinski definition) is 7. The Balaban J connectivity index is 1.50. The molecule has 3 rings (SSSR count). The predicted octanol–water partition coefficient (Wildman–Crippen LogP) is 3.78. The van der Waals surface area contributed by atoms with E-state index in [1.54, 1.807) is 31.4 Å². The fourth-order valence-electron chi connectivity index (χ4n) is 2.86. The van der Waals surface area contributed by atoms with E-state index in [0.717, 1.165) is 22.9 Å². The van der Waals surface area contributed by atoms with E-state index in [1.165, 1.54) is 0 Å². The zero-order valence-electron chi connectivity index (χ0n) is 17.9. The number of nitrogens with zero attached hydrogens (tertiary/aromatic N) is 2. The zero-order valence-corrected chi connectivity index (χ0v) is 17.9. The molecule has 0 unspecified atom stereocenters.